The van der Waals surface area contributed by atoms with Crippen molar-refractivity contribution in [2.75, 3.05) is 7.05 Å². The zero-order valence-electron chi connectivity index (χ0n) is 37.3. The Kier molecular flexibility index (Phi) is 18.0. The van der Waals surface area contributed by atoms with Gasteiger partial charge in [0.15, 0.2) is 0 Å². The first-order chi connectivity index (χ1) is 30.4. The van der Waals surface area contributed by atoms with Crippen LogP contribution in [0.5, 0.6) is 0 Å². The molecule has 0 saturated carbocycles. The number of nitrogens with zero attached hydrogens (tertiary/aromatic N) is 1. The summed E-state index contributed by atoms with van der Waals surface area (Å²) in [5.41, 5.74) is 27.5. The molecule has 1 unspecified atom stereocenters. The number of likely N-dealkylation sites (N-methyl/N-ethyl adjacent to an activating group) is 1. The fourth-order valence-electron chi connectivity index (χ4n) is 7.51. The van der Waals surface area contributed by atoms with Gasteiger partial charge in [-0.15, -0.1) is 0 Å². The van der Waals surface area contributed by atoms with Crippen molar-refractivity contribution in [1.82, 2.24) is 9.88 Å². The fourth-order valence-corrected chi connectivity index (χ4v) is 7.51. The lowest BCUT2D eigenvalue weighted by Gasteiger charge is -2.18. The van der Waals surface area contributed by atoms with Crippen LogP contribution < -0.4 is 16.8 Å². The van der Waals surface area contributed by atoms with E-state index in [1.165, 1.54) is 83.7 Å². The molecule has 0 radical (unpaired) electrons. The van der Waals surface area contributed by atoms with E-state index in [2.05, 4.69) is 169 Å². The zero-order valence-corrected chi connectivity index (χ0v) is 37.3. The highest BCUT2D eigenvalue weighted by molar-refractivity contribution is 6.14. The van der Waals surface area contributed by atoms with Gasteiger partial charge in [-0.05, 0) is 102 Å². The molecule has 0 saturated heterocycles. The van der Waals surface area contributed by atoms with E-state index in [4.69, 9.17) is 16.9 Å². The molecule has 7 aromatic carbocycles. The highest BCUT2D eigenvalue weighted by atomic mass is 15.0. The third kappa shape index (κ3) is 11.8. The van der Waals surface area contributed by atoms with E-state index >= 15 is 0 Å². The molecule has 8 aromatic rings. The predicted octanol–water partition coefficient (Wildman–Crippen LogP) is 13.5. The number of nitrogens with one attached hydrogen (secondary N) is 2. The lowest BCUT2D eigenvalue weighted by molar-refractivity contribution is 0.683. The normalized spacial score (nSPS) is 11.9. The van der Waals surface area contributed by atoms with Crippen LogP contribution in [-0.2, 0) is 20.0 Å². The third-order valence-electron chi connectivity index (χ3n) is 10.9. The predicted molar refractivity (Wildman–Crippen MR) is 271 cm³/mol. The molecule has 1 aliphatic carbocycles. The number of allylic oxidation sites excluding steroid dienone is 2. The summed E-state index contributed by atoms with van der Waals surface area (Å²) in [5.74, 6) is 0. The Morgan fingerprint density at radius 1 is 0.694 bits per heavy atom. The van der Waals surface area contributed by atoms with E-state index < -0.39 is 0 Å². The summed E-state index contributed by atoms with van der Waals surface area (Å²) in [5, 5.41) is 12.4. The second-order valence-corrected chi connectivity index (χ2v) is 14.8. The van der Waals surface area contributed by atoms with Crippen molar-refractivity contribution in [2.45, 2.75) is 53.2 Å². The quantitative estimate of drug-likeness (QED) is 0.0953. The molecule has 0 amide bonds. The molecular formula is C57H63N5. The van der Waals surface area contributed by atoms with Crippen LogP contribution in [0.3, 0.4) is 0 Å². The largest absolute Gasteiger partial charge is 0.344 e. The summed E-state index contributed by atoms with van der Waals surface area (Å²) in [6, 6.07) is 59.8. The monoisotopic (exact) mass is 818 g/mol. The molecule has 0 spiro atoms. The van der Waals surface area contributed by atoms with Crippen LogP contribution in [0.15, 0.2) is 188 Å². The third-order valence-corrected chi connectivity index (χ3v) is 10.9. The van der Waals surface area contributed by atoms with Gasteiger partial charge in [0.05, 0.1) is 11.7 Å². The maximum Gasteiger partial charge on any atom is 0.0819 e. The zero-order chi connectivity index (χ0) is 44.3. The van der Waals surface area contributed by atoms with E-state index in [9.17, 15) is 0 Å². The second-order valence-electron chi connectivity index (χ2n) is 14.8. The van der Waals surface area contributed by atoms with Gasteiger partial charge in [-0.3, -0.25) is 0 Å². The van der Waals surface area contributed by atoms with Crippen molar-refractivity contribution in [3.05, 3.63) is 210 Å². The van der Waals surface area contributed by atoms with Gasteiger partial charge in [0.2, 0.25) is 0 Å². The molecule has 0 aliphatic heterocycles. The van der Waals surface area contributed by atoms with Gasteiger partial charge < -0.3 is 26.8 Å². The number of aromatic nitrogens is 1. The Labute approximate surface area is 370 Å². The van der Waals surface area contributed by atoms with Gasteiger partial charge in [0.25, 0.3) is 0 Å². The van der Waals surface area contributed by atoms with Gasteiger partial charge in [-0.1, -0.05) is 195 Å². The first-order valence-corrected chi connectivity index (χ1v) is 21.7. The van der Waals surface area contributed by atoms with Crippen LogP contribution in [0.1, 0.15) is 49.4 Å². The number of benzene rings is 7. The van der Waals surface area contributed by atoms with Crippen molar-refractivity contribution in [3.63, 3.8) is 0 Å². The minimum absolute atomic E-state index is 0.201. The first kappa shape index (κ1) is 46.4. The number of hydrogen-bond acceptors (Lipinski definition) is 4. The number of nitrogens with two attached hydrogens (primary N) is 2. The van der Waals surface area contributed by atoms with E-state index in [0.717, 1.165) is 18.4 Å². The van der Waals surface area contributed by atoms with Crippen LogP contribution in [0.4, 0.5) is 0 Å². The SMILES string of the molecule is C/C=C(\C=N)C(N)NC.CC.Cc1ccccc1.Cn1c2cc(-c3ccccc3)ccc2c2c3c(c(-c4ccccc4)cc21)CCC=C3.NCc1ccc(-c2ccccc2)cc1. The molecule has 5 heteroatoms. The maximum atomic E-state index is 6.88. The highest BCUT2D eigenvalue weighted by Gasteiger charge is 2.20. The summed E-state index contributed by atoms with van der Waals surface area (Å²) >= 11 is 0. The molecule has 9 rings (SSSR count). The van der Waals surface area contributed by atoms with Crippen molar-refractivity contribution >= 4 is 34.1 Å². The van der Waals surface area contributed by atoms with Gasteiger partial charge >= 0.3 is 0 Å². The minimum Gasteiger partial charge on any atom is -0.344 e. The molecule has 1 aliphatic rings. The van der Waals surface area contributed by atoms with Crippen molar-refractivity contribution in [3.8, 4) is 33.4 Å². The van der Waals surface area contributed by atoms with Gasteiger partial charge in [0, 0.05) is 36.1 Å². The summed E-state index contributed by atoms with van der Waals surface area (Å²) < 4.78 is 2.37. The average Bonchev–Trinajstić information content (AvgIpc) is 3.64. The molecule has 1 aromatic heterocycles. The van der Waals surface area contributed by atoms with Crippen LogP contribution in [0.2, 0.25) is 0 Å². The molecule has 1 heterocycles. The molecule has 1 atom stereocenters. The van der Waals surface area contributed by atoms with E-state index in [-0.39, 0.29) is 6.17 Å². The molecule has 316 valence electrons. The van der Waals surface area contributed by atoms with Crippen LogP contribution in [-0.4, -0.2) is 24.0 Å². The van der Waals surface area contributed by atoms with Crippen molar-refractivity contribution < 1.29 is 0 Å². The summed E-state index contributed by atoms with van der Waals surface area (Å²) in [6.07, 6.45) is 9.75. The number of aryl methyl sites for hydroxylation is 2. The molecule has 6 N–H and O–H groups in total. The van der Waals surface area contributed by atoms with Crippen LogP contribution >= 0.6 is 0 Å². The Morgan fingerprint density at radius 3 is 1.69 bits per heavy atom. The lowest BCUT2D eigenvalue weighted by atomic mass is 9.86. The molecule has 0 bridgehead atoms. The molecular weight excluding hydrogens is 755 g/mol. The van der Waals surface area contributed by atoms with Gasteiger partial charge in [-0.2, -0.15) is 0 Å². The minimum atomic E-state index is -0.201. The average molecular weight is 818 g/mol. The molecule has 5 nitrogen and oxygen atoms in total. The number of fused-ring (bicyclic) bond motifs is 5. The lowest BCUT2D eigenvalue weighted by Crippen LogP contribution is -2.36. The molecule has 0 fully saturated rings. The van der Waals surface area contributed by atoms with E-state index in [1.54, 1.807) is 7.05 Å². The van der Waals surface area contributed by atoms with E-state index in [0.29, 0.717) is 6.54 Å². The fraction of sp³-hybridized carbons (Fsp3) is 0.175. The summed E-state index contributed by atoms with van der Waals surface area (Å²) in [6.45, 7) is 8.55. The number of hydrogen-bond donors (Lipinski definition) is 4. The Morgan fingerprint density at radius 2 is 1.21 bits per heavy atom. The topological polar surface area (TPSA) is 92.9 Å². The number of rotatable bonds is 7. The van der Waals surface area contributed by atoms with Crippen LogP contribution in [0.25, 0.3) is 61.3 Å². The van der Waals surface area contributed by atoms with Crippen molar-refractivity contribution in [2.24, 2.45) is 18.5 Å². The standard InChI is InChI=1S/C29H23N.C13H13N.C7H8.C6H13N3.C2H6/c1-30-27-18-22(20-10-4-2-5-11-20)16-17-25(27)29-24-15-9-8-14-23(24)26(19-28(29)30)21-12-6-3-7-13-21;14-10-11-6-8-13(9-7-11)12-4-2-1-3-5-12;1-7-5-3-2-4-6-7;1-3-5(4-7)6(8)9-2;1-2/h2-7,9-13,15-19H,8,14H2,1H3;1-9H,10,14H2;2-6H,1H3;3-4,6-7,9H,8H2,1-2H3;1-2H3/b;;;5-3+,7-4?;. The van der Waals surface area contributed by atoms with Gasteiger partial charge in [-0.25, -0.2) is 0 Å². The van der Waals surface area contributed by atoms with Gasteiger partial charge in [0.1, 0.15) is 0 Å². The highest BCUT2D eigenvalue weighted by Crippen LogP contribution is 2.41. The van der Waals surface area contributed by atoms with Crippen LogP contribution in [0, 0.1) is 12.3 Å². The molecule has 62 heavy (non-hydrogen) atoms. The summed E-state index contributed by atoms with van der Waals surface area (Å²) in [7, 11) is 3.96. The smallest absolute Gasteiger partial charge is 0.0819 e. The Hall–Kier alpha value is -6.63. The maximum absolute atomic E-state index is 6.88. The Bertz CT molecular complexity index is 2640. The van der Waals surface area contributed by atoms with Crippen molar-refractivity contribution in [1.29, 1.82) is 5.41 Å². The second kappa shape index (κ2) is 24.0. The summed E-state index contributed by atoms with van der Waals surface area (Å²) in [4.78, 5) is 0. The first-order valence-electron chi connectivity index (χ1n) is 21.7. The van der Waals surface area contributed by atoms with E-state index in [1.807, 2.05) is 63.2 Å². The Balaban J connectivity index is 0.000000187.